The summed E-state index contributed by atoms with van der Waals surface area (Å²) in [6.07, 6.45) is 0. The lowest BCUT2D eigenvalue weighted by atomic mass is 10.2. The van der Waals surface area contributed by atoms with E-state index in [1.165, 1.54) is 11.8 Å². The van der Waals surface area contributed by atoms with Crippen LogP contribution in [-0.4, -0.2) is 32.1 Å². The van der Waals surface area contributed by atoms with Gasteiger partial charge < -0.3 is 13.7 Å². The Morgan fingerprint density at radius 3 is 2.74 bits per heavy atom. The molecule has 0 aliphatic heterocycles. The first-order chi connectivity index (χ1) is 13.2. The summed E-state index contributed by atoms with van der Waals surface area (Å²) in [6.45, 7) is 2.01. The molecule has 0 saturated carbocycles. The van der Waals surface area contributed by atoms with Crippen LogP contribution in [0.25, 0.3) is 22.2 Å². The van der Waals surface area contributed by atoms with Crippen LogP contribution < -0.4 is 4.74 Å². The lowest BCUT2D eigenvalue weighted by Crippen LogP contribution is -1.98. The molecule has 0 amide bonds. The first-order valence-corrected chi connectivity index (χ1v) is 10.00. The number of rotatable bonds is 6. The topological polar surface area (TPSA) is 78.9 Å². The summed E-state index contributed by atoms with van der Waals surface area (Å²) in [7, 11) is 3.58. The second kappa shape index (κ2) is 7.53. The van der Waals surface area contributed by atoms with Gasteiger partial charge in [-0.05, 0) is 30.5 Å². The number of methoxy groups -OCH3 is 1. The molecule has 0 saturated heterocycles. The van der Waals surface area contributed by atoms with Gasteiger partial charge in [0, 0.05) is 7.05 Å². The van der Waals surface area contributed by atoms with E-state index in [0.29, 0.717) is 11.8 Å². The van der Waals surface area contributed by atoms with Gasteiger partial charge in [-0.3, -0.25) is 0 Å². The van der Waals surface area contributed by atoms with E-state index in [2.05, 4.69) is 20.4 Å². The molecule has 0 N–H and O–H groups in total. The zero-order chi connectivity index (χ0) is 18.8. The number of aromatic nitrogens is 5. The molecule has 0 aliphatic rings. The third-order valence-electron chi connectivity index (χ3n) is 3.99. The molecule has 4 rings (SSSR count). The molecule has 27 heavy (non-hydrogen) atoms. The lowest BCUT2D eigenvalue weighted by molar-refractivity contribution is 0.416. The molecule has 3 aromatic heterocycles. The van der Waals surface area contributed by atoms with E-state index >= 15 is 0 Å². The molecule has 0 radical (unpaired) electrons. The van der Waals surface area contributed by atoms with Gasteiger partial charge in [-0.2, -0.15) is 0 Å². The van der Waals surface area contributed by atoms with Crippen LogP contribution in [0.15, 0.2) is 51.4 Å². The Morgan fingerprint density at radius 2 is 1.96 bits per heavy atom. The molecule has 138 valence electrons. The minimum Gasteiger partial charge on any atom is -0.496 e. The molecular weight excluding hydrogens is 382 g/mol. The number of ether oxygens (including phenoxy) is 1. The average molecular weight is 400 g/mol. The summed E-state index contributed by atoms with van der Waals surface area (Å²) in [5.41, 5.74) is 0.896. The second-order valence-corrected chi connectivity index (χ2v) is 8.00. The number of benzene rings is 1. The van der Waals surface area contributed by atoms with Crippen molar-refractivity contribution in [3.05, 3.63) is 47.7 Å². The third-order valence-corrected chi connectivity index (χ3v) is 5.96. The predicted octanol–water partition coefficient (Wildman–Crippen LogP) is 4.46. The molecule has 1 aromatic carbocycles. The Morgan fingerprint density at radius 1 is 1.11 bits per heavy atom. The molecule has 1 atom stereocenters. The van der Waals surface area contributed by atoms with E-state index in [9.17, 15) is 0 Å². The van der Waals surface area contributed by atoms with Gasteiger partial charge >= 0.3 is 0 Å². The Balaban J connectivity index is 1.56. The summed E-state index contributed by atoms with van der Waals surface area (Å²) in [5, 5.41) is 19.7. The molecule has 0 aliphatic carbocycles. The van der Waals surface area contributed by atoms with Crippen LogP contribution in [0.3, 0.4) is 0 Å². The van der Waals surface area contributed by atoms with E-state index in [-0.39, 0.29) is 5.25 Å². The zero-order valence-electron chi connectivity index (χ0n) is 15.0. The fourth-order valence-corrected chi connectivity index (χ4v) is 4.08. The molecule has 0 bridgehead atoms. The molecule has 9 heteroatoms. The Labute approximate surface area is 164 Å². The first kappa shape index (κ1) is 17.7. The number of hydrogen-bond acceptors (Lipinski definition) is 8. The van der Waals surface area contributed by atoms with Crippen LogP contribution in [0, 0.1) is 0 Å². The number of thiophene rings is 1. The van der Waals surface area contributed by atoms with Crippen molar-refractivity contribution in [3.63, 3.8) is 0 Å². The van der Waals surface area contributed by atoms with Crippen molar-refractivity contribution < 1.29 is 9.15 Å². The first-order valence-electron chi connectivity index (χ1n) is 8.24. The SMILES string of the molecule is COc1ccccc1-c1nnc(S[C@@H](C)c2nnc(-c3cccs3)o2)n1C. The number of nitrogens with zero attached hydrogens (tertiary/aromatic N) is 5. The molecular formula is C18H17N5O2S2. The van der Waals surface area contributed by atoms with Crippen LogP contribution in [0.5, 0.6) is 5.75 Å². The van der Waals surface area contributed by atoms with Crippen molar-refractivity contribution in [2.45, 2.75) is 17.3 Å². The zero-order valence-corrected chi connectivity index (χ0v) is 16.6. The maximum absolute atomic E-state index is 5.82. The number of hydrogen-bond donors (Lipinski definition) is 0. The highest BCUT2D eigenvalue weighted by Gasteiger charge is 2.21. The highest BCUT2D eigenvalue weighted by molar-refractivity contribution is 7.99. The molecule has 3 heterocycles. The fourth-order valence-electron chi connectivity index (χ4n) is 2.59. The fraction of sp³-hybridized carbons (Fsp3) is 0.222. The van der Waals surface area contributed by atoms with Crippen LogP contribution in [0.1, 0.15) is 18.1 Å². The van der Waals surface area contributed by atoms with E-state index in [0.717, 1.165) is 27.2 Å². The van der Waals surface area contributed by atoms with Gasteiger partial charge in [-0.15, -0.1) is 31.7 Å². The summed E-state index contributed by atoms with van der Waals surface area (Å²) < 4.78 is 13.2. The van der Waals surface area contributed by atoms with Gasteiger partial charge in [0.05, 0.1) is 22.8 Å². The molecule has 0 fully saturated rings. The van der Waals surface area contributed by atoms with Crippen LogP contribution >= 0.6 is 23.1 Å². The minimum absolute atomic E-state index is 0.0559. The minimum atomic E-state index is -0.0559. The normalized spacial score (nSPS) is 12.3. The Bertz CT molecular complexity index is 1040. The average Bonchev–Trinajstić information content (AvgIpc) is 3.43. The van der Waals surface area contributed by atoms with Crippen LogP contribution in [0.4, 0.5) is 0 Å². The van der Waals surface area contributed by atoms with Crippen molar-refractivity contribution >= 4 is 23.1 Å². The van der Waals surface area contributed by atoms with Gasteiger partial charge in [0.1, 0.15) is 5.75 Å². The van der Waals surface area contributed by atoms with Crippen LogP contribution in [-0.2, 0) is 7.05 Å². The van der Waals surface area contributed by atoms with Crippen molar-refractivity contribution in [2.75, 3.05) is 7.11 Å². The Kier molecular flexibility index (Phi) is 4.95. The van der Waals surface area contributed by atoms with Gasteiger partial charge in [-0.25, -0.2) is 0 Å². The molecule has 0 unspecified atom stereocenters. The van der Waals surface area contributed by atoms with Crippen molar-refractivity contribution in [3.8, 4) is 27.9 Å². The molecule has 7 nitrogen and oxygen atoms in total. The van der Waals surface area contributed by atoms with Gasteiger partial charge in [0.15, 0.2) is 11.0 Å². The molecule has 4 aromatic rings. The lowest BCUT2D eigenvalue weighted by Gasteiger charge is -2.09. The third kappa shape index (κ3) is 3.47. The number of thioether (sulfide) groups is 1. The van der Waals surface area contributed by atoms with Gasteiger partial charge in [0.25, 0.3) is 5.89 Å². The summed E-state index contributed by atoms with van der Waals surface area (Å²) in [6, 6.07) is 11.7. The van der Waals surface area contributed by atoms with Crippen molar-refractivity contribution in [2.24, 2.45) is 7.05 Å². The van der Waals surface area contributed by atoms with Crippen LogP contribution in [0.2, 0.25) is 0 Å². The van der Waals surface area contributed by atoms with E-state index in [4.69, 9.17) is 9.15 Å². The monoisotopic (exact) mass is 399 g/mol. The standard InChI is InChI=1S/C18H17N5O2S2/c1-11(16-20-21-17(25-16)14-9-6-10-26-14)27-18-22-19-15(23(18)2)12-7-4-5-8-13(12)24-3/h4-11H,1-3H3/t11-/m0/s1. The maximum Gasteiger partial charge on any atom is 0.257 e. The Hall–Kier alpha value is -2.65. The smallest absolute Gasteiger partial charge is 0.257 e. The maximum atomic E-state index is 5.82. The van der Waals surface area contributed by atoms with Crippen molar-refractivity contribution in [1.29, 1.82) is 0 Å². The largest absolute Gasteiger partial charge is 0.496 e. The highest BCUT2D eigenvalue weighted by Crippen LogP contribution is 2.36. The summed E-state index contributed by atoms with van der Waals surface area (Å²) >= 11 is 3.09. The highest BCUT2D eigenvalue weighted by atomic mass is 32.2. The quantitative estimate of drug-likeness (QED) is 0.443. The predicted molar refractivity (Wildman–Crippen MR) is 105 cm³/mol. The number of para-hydroxylation sites is 1. The second-order valence-electron chi connectivity index (χ2n) is 5.75. The van der Waals surface area contributed by atoms with Gasteiger partial charge in [-0.1, -0.05) is 30.0 Å². The van der Waals surface area contributed by atoms with Gasteiger partial charge in [0.2, 0.25) is 5.89 Å². The van der Waals surface area contributed by atoms with E-state index in [1.54, 1.807) is 18.4 Å². The van der Waals surface area contributed by atoms with E-state index in [1.807, 2.05) is 60.3 Å². The van der Waals surface area contributed by atoms with E-state index < -0.39 is 0 Å². The summed E-state index contributed by atoms with van der Waals surface area (Å²) in [5.74, 6) is 2.60. The summed E-state index contributed by atoms with van der Waals surface area (Å²) in [4.78, 5) is 0.961. The molecule has 0 spiro atoms. The van der Waals surface area contributed by atoms with Crippen molar-refractivity contribution in [1.82, 2.24) is 25.0 Å².